The molecule has 1 heterocycles. The number of rotatable bonds is 4. The SMILES string of the molecule is CC(C)Oc1nc(Cl)nc(Oc2ccc(Cl)c(Cl)c2)n1. The van der Waals surface area contributed by atoms with Gasteiger partial charge in [-0.25, -0.2) is 0 Å². The van der Waals surface area contributed by atoms with Crippen molar-refractivity contribution in [2.24, 2.45) is 0 Å². The second-order valence-corrected chi connectivity index (χ2v) is 5.17. The van der Waals surface area contributed by atoms with Crippen molar-refractivity contribution in [2.45, 2.75) is 20.0 Å². The molecule has 2 aromatic rings. The summed E-state index contributed by atoms with van der Waals surface area (Å²) in [5, 5.41) is 0.769. The molecule has 0 N–H and O–H groups in total. The summed E-state index contributed by atoms with van der Waals surface area (Å²) < 4.78 is 10.8. The van der Waals surface area contributed by atoms with Crippen LogP contribution in [0.4, 0.5) is 0 Å². The standard InChI is InChI=1S/C12H10Cl3N3O2/c1-6(2)19-11-16-10(15)17-12(18-11)20-7-3-4-8(13)9(14)5-7/h3-6H,1-2H3. The van der Waals surface area contributed by atoms with Gasteiger partial charge in [-0.3, -0.25) is 0 Å². The van der Waals surface area contributed by atoms with E-state index in [1.54, 1.807) is 18.2 Å². The van der Waals surface area contributed by atoms with E-state index in [2.05, 4.69) is 15.0 Å². The van der Waals surface area contributed by atoms with E-state index in [1.165, 1.54) is 0 Å². The minimum Gasteiger partial charge on any atom is -0.461 e. The molecule has 5 nitrogen and oxygen atoms in total. The summed E-state index contributed by atoms with van der Waals surface area (Å²) in [5.41, 5.74) is 0. The van der Waals surface area contributed by atoms with Gasteiger partial charge in [0.15, 0.2) is 0 Å². The zero-order chi connectivity index (χ0) is 14.7. The zero-order valence-electron chi connectivity index (χ0n) is 10.6. The van der Waals surface area contributed by atoms with Crippen molar-refractivity contribution in [1.29, 1.82) is 0 Å². The van der Waals surface area contributed by atoms with Crippen LogP contribution in [-0.4, -0.2) is 21.1 Å². The number of halogens is 3. The van der Waals surface area contributed by atoms with Crippen molar-refractivity contribution < 1.29 is 9.47 Å². The van der Waals surface area contributed by atoms with Crippen molar-refractivity contribution in [2.75, 3.05) is 0 Å². The number of ether oxygens (including phenoxy) is 2. The normalized spacial score (nSPS) is 10.7. The van der Waals surface area contributed by atoms with E-state index >= 15 is 0 Å². The van der Waals surface area contributed by atoms with Crippen LogP contribution < -0.4 is 9.47 Å². The summed E-state index contributed by atoms with van der Waals surface area (Å²) in [7, 11) is 0. The molecule has 20 heavy (non-hydrogen) atoms. The third-order valence-corrected chi connectivity index (χ3v) is 2.92. The Bertz CT molecular complexity index is 623. The highest BCUT2D eigenvalue weighted by atomic mass is 35.5. The zero-order valence-corrected chi connectivity index (χ0v) is 12.9. The average molecular weight is 335 g/mol. The van der Waals surface area contributed by atoms with Crippen LogP contribution in [0.15, 0.2) is 18.2 Å². The van der Waals surface area contributed by atoms with E-state index < -0.39 is 0 Å². The van der Waals surface area contributed by atoms with Gasteiger partial charge in [0, 0.05) is 6.07 Å². The van der Waals surface area contributed by atoms with Crippen LogP contribution >= 0.6 is 34.8 Å². The van der Waals surface area contributed by atoms with Gasteiger partial charge in [0.25, 0.3) is 0 Å². The molecule has 8 heteroatoms. The lowest BCUT2D eigenvalue weighted by Crippen LogP contribution is -2.09. The highest BCUT2D eigenvalue weighted by Crippen LogP contribution is 2.28. The predicted molar refractivity (Wildman–Crippen MR) is 77.1 cm³/mol. The van der Waals surface area contributed by atoms with E-state index in [0.29, 0.717) is 15.8 Å². The Hall–Kier alpha value is -1.30. The summed E-state index contributed by atoms with van der Waals surface area (Å²) in [4.78, 5) is 11.7. The molecule has 0 saturated carbocycles. The fraction of sp³-hybridized carbons (Fsp3) is 0.250. The first-order chi connectivity index (χ1) is 9.44. The summed E-state index contributed by atoms with van der Waals surface area (Å²) in [5.74, 6) is 0.428. The average Bonchev–Trinajstić information content (AvgIpc) is 2.32. The van der Waals surface area contributed by atoms with E-state index in [1.807, 2.05) is 13.8 Å². The van der Waals surface area contributed by atoms with Gasteiger partial charge < -0.3 is 9.47 Å². The van der Waals surface area contributed by atoms with Crippen LogP contribution in [0, 0.1) is 0 Å². The molecule has 106 valence electrons. The first-order valence-corrected chi connectivity index (χ1v) is 6.78. The van der Waals surface area contributed by atoms with Gasteiger partial charge in [0.2, 0.25) is 5.28 Å². The Kier molecular flexibility index (Phi) is 4.86. The van der Waals surface area contributed by atoms with Crippen molar-refractivity contribution in [3.8, 4) is 17.8 Å². The van der Waals surface area contributed by atoms with Crippen LogP contribution in [0.5, 0.6) is 17.8 Å². The van der Waals surface area contributed by atoms with E-state index in [-0.39, 0.29) is 23.4 Å². The maximum atomic E-state index is 5.90. The van der Waals surface area contributed by atoms with Crippen molar-refractivity contribution in [1.82, 2.24) is 15.0 Å². The maximum absolute atomic E-state index is 5.90. The van der Waals surface area contributed by atoms with Gasteiger partial charge in [-0.05, 0) is 37.6 Å². The Balaban J connectivity index is 2.24. The Morgan fingerprint density at radius 1 is 0.950 bits per heavy atom. The molecule has 1 aromatic heterocycles. The number of hydrogen-bond donors (Lipinski definition) is 0. The largest absolute Gasteiger partial charge is 0.461 e. The van der Waals surface area contributed by atoms with Gasteiger partial charge in [-0.1, -0.05) is 23.2 Å². The second kappa shape index (κ2) is 6.43. The van der Waals surface area contributed by atoms with Crippen molar-refractivity contribution >= 4 is 34.8 Å². The van der Waals surface area contributed by atoms with Gasteiger partial charge in [0.05, 0.1) is 16.1 Å². The lowest BCUT2D eigenvalue weighted by atomic mass is 10.3. The van der Waals surface area contributed by atoms with Crippen LogP contribution in [0.2, 0.25) is 15.3 Å². The van der Waals surface area contributed by atoms with Gasteiger partial charge in [0.1, 0.15) is 5.75 Å². The fourth-order valence-electron chi connectivity index (χ4n) is 1.27. The summed E-state index contributed by atoms with van der Waals surface area (Å²) in [6.45, 7) is 3.69. The minimum absolute atomic E-state index is 0.0130. The first kappa shape index (κ1) is 15.1. The highest BCUT2D eigenvalue weighted by molar-refractivity contribution is 6.42. The molecule has 0 spiro atoms. The molecule has 0 radical (unpaired) electrons. The number of hydrogen-bond acceptors (Lipinski definition) is 5. The Morgan fingerprint density at radius 2 is 1.65 bits per heavy atom. The Morgan fingerprint density at radius 3 is 2.30 bits per heavy atom. The third kappa shape index (κ3) is 4.10. The molecule has 0 bridgehead atoms. The van der Waals surface area contributed by atoms with Crippen LogP contribution in [-0.2, 0) is 0 Å². The summed E-state index contributed by atoms with van der Waals surface area (Å²) in [6, 6.07) is 4.89. The van der Waals surface area contributed by atoms with Crippen molar-refractivity contribution in [3.05, 3.63) is 33.5 Å². The number of aromatic nitrogens is 3. The molecule has 0 saturated heterocycles. The summed E-state index contributed by atoms with van der Waals surface area (Å²) >= 11 is 17.5. The second-order valence-electron chi connectivity index (χ2n) is 4.01. The van der Waals surface area contributed by atoms with Gasteiger partial charge >= 0.3 is 12.0 Å². The summed E-state index contributed by atoms with van der Waals surface area (Å²) in [6.07, 6.45) is -0.0914. The fourth-order valence-corrected chi connectivity index (χ4v) is 1.70. The maximum Gasteiger partial charge on any atom is 0.329 e. The molecular formula is C12H10Cl3N3O2. The molecule has 0 fully saturated rings. The molecule has 2 rings (SSSR count). The monoisotopic (exact) mass is 333 g/mol. The first-order valence-electron chi connectivity index (χ1n) is 5.65. The molecule has 0 aliphatic carbocycles. The smallest absolute Gasteiger partial charge is 0.329 e. The molecule has 0 aliphatic heterocycles. The van der Waals surface area contributed by atoms with E-state index in [4.69, 9.17) is 44.3 Å². The molecule has 1 aromatic carbocycles. The van der Waals surface area contributed by atoms with Crippen LogP contribution in [0.3, 0.4) is 0 Å². The lowest BCUT2D eigenvalue weighted by Gasteiger charge is -2.09. The molecule has 0 aliphatic rings. The predicted octanol–water partition coefficient (Wildman–Crippen LogP) is 4.41. The molecule has 0 amide bonds. The number of benzene rings is 1. The van der Waals surface area contributed by atoms with E-state index in [0.717, 1.165) is 0 Å². The quantitative estimate of drug-likeness (QED) is 0.829. The lowest BCUT2D eigenvalue weighted by molar-refractivity contribution is 0.218. The van der Waals surface area contributed by atoms with E-state index in [9.17, 15) is 0 Å². The van der Waals surface area contributed by atoms with Crippen LogP contribution in [0.1, 0.15) is 13.8 Å². The third-order valence-electron chi connectivity index (χ3n) is 2.01. The molecule has 0 atom stereocenters. The highest BCUT2D eigenvalue weighted by Gasteiger charge is 2.10. The Labute approximate surface area is 130 Å². The molecular weight excluding hydrogens is 325 g/mol. The topological polar surface area (TPSA) is 57.1 Å². The van der Waals surface area contributed by atoms with Crippen LogP contribution in [0.25, 0.3) is 0 Å². The van der Waals surface area contributed by atoms with Gasteiger partial charge in [-0.15, -0.1) is 4.98 Å². The molecule has 0 unspecified atom stereocenters. The minimum atomic E-state index is -0.0914. The van der Waals surface area contributed by atoms with Crippen molar-refractivity contribution in [3.63, 3.8) is 0 Å². The van der Waals surface area contributed by atoms with Gasteiger partial charge in [-0.2, -0.15) is 9.97 Å². The number of nitrogens with zero attached hydrogens (tertiary/aromatic N) is 3.